The van der Waals surface area contributed by atoms with Crippen LogP contribution in [0.5, 0.6) is 0 Å². The fourth-order valence-corrected chi connectivity index (χ4v) is 4.88. The van der Waals surface area contributed by atoms with E-state index in [1.807, 2.05) is 0 Å². The van der Waals surface area contributed by atoms with Gasteiger partial charge < -0.3 is 0 Å². The molecule has 13 heavy (non-hydrogen) atoms. The van der Waals surface area contributed by atoms with E-state index in [1.165, 1.54) is 23.7 Å². The zero-order chi connectivity index (χ0) is 8.47. The highest BCUT2D eigenvalue weighted by atomic mass is 14.6. The molecule has 4 saturated carbocycles. The van der Waals surface area contributed by atoms with Gasteiger partial charge in [0.2, 0.25) is 0 Å². The smallest absolute Gasteiger partial charge is 0.0266 e. The number of hydrogen-bond donors (Lipinski definition) is 0. The number of fused-ring (bicyclic) bond motifs is 1. The first-order chi connectivity index (χ1) is 6.39. The Morgan fingerprint density at radius 2 is 1.77 bits per heavy atom. The topological polar surface area (TPSA) is 0 Å². The third-order valence-electron chi connectivity index (χ3n) is 6.21. The fraction of sp³-hybridized carbons (Fsp3) is 1.00. The van der Waals surface area contributed by atoms with E-state index < -0.39 is 0 Å². The average Bonchev–Trinajstić information content (AvgIpc) is 1.93. The molecule has 0 nitrogen and oxygen atoms in total. The summed E-state index contributed by atoms with van der Waals surface area (Å²) in [6.07, 6.45) is 12.8. The molecule has 4 aliphatic rings. The summed E-state index contributed by atoms with van der Waals surface area (Å²) >= 11 is 0. The molecule has 0 aromatic rings. The van der Waals surface area contributed by atoms with Crippen molar-refractivity contribution < 1.29 is 0 Å². The van der Waals surface area contributed by atoms with Gasteiger partial charge in [-0.25, -0.2) is 0 Å². The van der Waals surface area contributed by atoms with Crippen LogP contribution in [-0.2, 0) is 0 Å². The molecule has 4 unspecified atom stereocenters. The second-order valence-electron chi connectivity index (χ2n) is 6.26. The highest BCUT2D eigenvalue weighted by molar-refractivity contribution is 5.09. The fourth-order valence-electron chi connectivity index (χ4n) is 4.88. The van der Waals surface area contributed by atoms with E-state index in [0.717, 1.165) is 5.41 Å². The third-order valence-corrected chi connectivity index (χ3v) is 6.21. The molecule has 4 rings (SSSR count). The maximum absolute atomic E-state index is 1.64. The predicted octanol–water partition coefficient (Wildman–Crippen LogP) is 3.61. The summed E-state index contributed by atoms with van der Waals surface area (Å²) in [7, 11) is 0. The van der Waals surface area contributed by atoms with Crippen LogP contribution in [0.15, 0.2) is 0 Å². The van der Waals surface area contributed by atoms with Crippen LogP contribution in [-0.4, -0.2) is 0 Å². The average molecular weight is 176 g/mol. The lowest BCUT2D eigenvalue weighted by Gasteiger charge is -2.66. The van der Waals surface area contributed by atoms with E-state index >= 15 is 0 Å². The molecule has 4 fully saturated rings. The Balaban J connectivity index is 1.50. The summed E-state index contributed by atoms with van der Waals surface area (Å²) in [5.41, 5.74) is 0.936. The lowest BCUT2D eigenvalue weighted by molar-refractivity contribution is -0.164. The molecule has 0 heterocycles. The van der Waals surface area contributed by atoms with Crippen molar-refractivity contribution in [3.05, 3.63) is 0 Å². The Hall–Kier alpha value is 0. The highest BCUT2D eigenvalue weighted by Crippen LogP contribution is 2.69. The van der Waals surface area contributed by atoms with Crippen molar-refractivity contribution in [2.75, 3.05) is 0 Å². The van der Waals surface area contributed by atoms with Crippen molar-refractivity contribution in [3.63, 3.8) is 0 Å². The van der Waals surface area contributed by atoms with E-state index in [2.05, 4.69) is 0 Å². The highest BCUT2D eigenvalue weighted by Gasteiger charge is 2.59. The summed E-state index contributed by atoms with van der Waals surface area (Å²) in [5, 5.41) is 0. The van der Waals surface area contributed by atoms with Gasteiger partial charge in [-0.05, 0) is 74.0 Å². The van der Waals surface area contributed by atoms with Crippen LogP contribution in [0, 0.1) is 29.1 Å². The molecule has 0 aliphatic heterocycles. The van der Waals surface area contributed by atoms with Gasteiger partial charge in [-0.3, -0.25) is 0 Å². The molecule has 0 amide bonds. The Morgan fingerprint density at radius 1 is 0.846 bits per heavy atom. The van der Waals surface area contributed by atoms with Gasteiger partial charge in [0.25, 0.3) is 0 Å². The van der Waals surface area contributed by atoms with Crippen molar-refractivity contribution in [1.29, 1.82) is 0 Å². The minimum Gasteiger partial charge on any atom is -0.0522 e. The van der Waals surface area contributed by atoms with Crippen molar-refractivity contribution >= 4 is 0 Å². The molecule has 4 atom stereocenters. The van der Waals surface area contributed by atoms with E-state index in [-0.39, 0.29) is 0 Å². The summed E-state index contributed by atoms with van der Waals surface area (Å²) < 4.78 is 0. The third kappa shape index (κ3) is 0.714. The molecule has 0 N–H and O–H groups in total. The monoisotopic (exact) mass is 176 g/mol. The maximum Gasteiger partial charge on any atom is -0.0266 e. The van der Waals surface area contributed by atoms with Gasteiger partial charge in [0.15, 0.2) is 0 Å². The molecule has 0 saturated heterocycles. The van der Waals surface area contributed by atoms with Crippen LogP contribution < -0.4 is 0 Å². The van der Waals surface area contributed by atoms with Crippen LogP contribution in [0.3, 0.4) is 0 Å². The normalized spacial score (nSPS) is 55.4. The summed E-state index contributed by atoms with van der Waals surface area (Å²) in [5.74, 6) is 4.86. The molecule has 0 aromatic carbocycles. The van der Waals surface area contributed by atoms with Crippen molar-refractivity contribution in [3.8, 4) is 0 Å². The zero-order valence-electron chi connectivity index (χ0n) is 8.47. The van der Waals surface area contributed by atoms with Gasteiger partial charge >= 0.3 is 0 Å². The summed E-state index contributed by atoms with van der Waals surface area (Å²) in [6.45, 7) is 0. The Bertz CT molecular complexity index is 233. The molecule has 0 bridgehead atoms. The first-order valence-electron chi connectivity index (χ1n) is 6.39. The van der Waals surface area contributed by atoms with Crippen LogP contribution in [0.2, 0.25) is 0 Å². The van der Waals surface area contributed by atoms with Gasteiger partial charge in [0, 0.05) is 0 Å². The van der Waals surface area contributed by atoms with Crippen LogP contribution in [0.4, 0.5) is 0 Å². The predicted molar refractivity (Wildman–Crippen MR) is 53.3 cm³/mol. The Kier molecular flexibility index (Phi) is 1.21. The van der Waals surface area contributed by atoms with E-state index in [9.17, 15) is 0 Å². The largest absolute Gasteiger partial charge is 0.0522 e. The van der Waals surface area contributed by atoms with E-state index in [0.29, 0.717) is 0 Å². The minimum atomic E-state index is 0.936. The molecular weight excluding hydrogens is 156 g/mol. The Morgan fingerprint density at radius 3 is 2.08 bits per heavy atom. The lowest BCUT2D eigenvalue weighted by Crippen LogP contribution is -2.57. The van der Waals surface area contributed by atoms with Crippen molar-refractivity contribution in [1.82, 2.24) is 0 Å². The van der Waals surface area contributed by atoms with Crippen LogP contribution >= 0.6 is 0 Å². The molecular formula is C13H20. The van der Waals surface area contributed by atoms with Gasteiger partial charge in [0.1, 0.15) is 0 Å². The zero-order valence-corrected chi connectivity index (χ0v) is 8.47. The minimum absolute atomic E-state index is 0.936. The summed E-state index contributed by atoms with van der Waals surface area (Å²) in [4.78, 5) is 0. The molecule has 4 aliphatic carbocycles. The second kappa shape index (κ2) is 2.15. The van der Waals surface area contributed by atoms with Crippen LogP contribution in [0.25, 0.3) is 0 Å². The molecule has 0 aromatic heterocycles. The maximum atomic E-state index is 1.64. The SMILES string of the molecule is C1CC2(C1)CCC2C1CC2CCC21. The van der Waals surface area contributed by atoms with E-state index in [4.69, 9.17) is 0 Å². The summed E-state index contributed by atoms with van der Waals surface area (Å²) in [6, 6.07) is 0. The van der Waals surface area contributed by atoms with Crippen molar-refractivity contribution in [2.24, 2.45) is 29.1 Å². The quantitative estimate of drug-likeness (QED) is 0.572. The number of hydrogen-bond acceptors (Lipinski definition) is 0. The molecule has 0 heteroatoms. The molecule has 0 radical (unpaired) electrons. The first kappa shape index (κ1) is 7.31. The van der Waals surface area contributed by atoms with Gasteiger partial charge in [-0.2, -0.15) is 0 Å². The standard InChI is InChI=1S/C13H20/c1-5-13(6-1)7-4-12(13)11-8-9-2-3-10(9)11/h9-12H,1-8H2. The molecule has 72 valence electrons. The van der Waals surface area contributed by atoms with E-state index in [1.54, 1.807) is 51.4 Å². The second-order valence-corrected chi connectivity index (χ2v) is 6.26. The van der Waals surface area contributed by atoms with Crippen LogP contribution in [0.1, 0.15) is 51.4 Å². The Labute approximate surface area is 81.1 Å². The van der Waals surface area contributed by atoms with Gasteiger partial charge in [-0.15, -0.1) is 0 Å². The number of rotatable bonds is 1. The van der Waals surface area contributed by atoms with Gasteiger partial charge in [-0.1, -0.05) is 6.42 Å². The first-order valence-corrected chi connectivity index (χ1v) is 6.39. The lowest BCUT2D eigenvalue weighted by atomic mass is 9.39. The van der Waals surface area contributed by atoms with Gasteiger partial charge in [0.05, 0.1) is 0 Å². The van der Waals surface area contributed by atoms with Crippen molar-refractivity contribution in [2.45, 2.75) is 51.4 Å². The molecule has 1 spiro atoms.